The Labute approximate surface area is 252 Å². The highest BCUT2D eigenvalue weighted by Gasteiger charge is 2.31. The van der Waals surface area contributed by atoms with Gasteiger partial charge in [0.15, 0.2) is 5.96 Å². The lowest BCUT2D eigenvalue weighted by Gasteiger charge is -2.25. The second-order valence-electron chi connectivity index (χ2n) is 9.39. The molecule has 0 aromatic heterocycles. The van der Waals surface area contributed by atoms with Crippen LogP contribution in [0.5, 0.6) is 0 Å². The minimum Gasteiger partial charge on any atom is -0.370 e. The van der Waals surface area contributed by atoms with E-state index in [0.29, 0.717) is 5.56 Å². The Kier molecular flexibility index (Phi) is 13.7. The number of rotatable bonds is 8. The molecule has 1 unspecified atom stereocenters. The van der Waals surface area contributed by atoms with Crippen LogP contribution in [-0.4, -0.2) is 90.8 Å². The van der Waals surface area contributed by atoms with Crippen molar-refractivity contribution in [1.29, 1.82) is 0 Å². The number of benzene rings is 1. The lowest BCUT2D eigenvalue weighted by atomic mass is 10.1. The van der Waals surface area contributed by atoms with Crippen molar-refractivity contribution >= 4 is 59.9 Å². The molecule has 0 radical (unpaired) electrons. The van der Waals surface area contributed by atoms with Gasteiger partial charge in [-0.15, -0.1) is 0 Å². The Bertz CT molecular complexity index is 1230. The zero-order chi connectivity index (χ0) is 31.9. The summed E-state index contributed by atoms with van der Waals surface area (Å²) >= 11 is 4.10. The lowest BCUT2D eigenvalue weighted by Crippen LogP contribution is -2.58. The predicted molar refractivity (Wildman–Crippen MR) is 157 cm³/mol. The quantitative estimate of drug-likeness (QED) is 0.0578. The number of nitrogens with one attached hydrogen (secondary N) is 6. The summed E-state index contributed by atoms with van der Waals surface area (Å²) in [5.41, 5.74) is 16.2. The number of aliphatic imine (C=N–C) groups is 1. The van der Waals surface area contributed by atoms with E-state index < -0.39 is 85.0 Å². The van der Waals surface area contributed by atoms with Gasteiger partial charge < -0.3 is 49.1 Å². The van der Waals surface area contributed by atoms with Gasteiger partial charge in [-0.25, -0.2) is 0 Å². The van der Waals surface area contributed by atoms with E-state index in [4.69, 9.17) is 17.2 Å². The molecule has 234 valence electrons. The third-order valence-electron chi connectivity index (χ3n) is 6.00. The molecule has 0 aliphatic carbocycles. The van der Waals surface area contributed by atoms with Gasteiger partial charge in [0.25, 0.3) is 0 Å². The Morgan fingerprint density at radius 2 is 1.35 bits per heavy atom. The van der Waals surface area contributed by atoms with Crippen LogP contribution in [-0.2, 0) is 33.6 Å². The number of thiol groups is 1. The minimum atomic E-state index is -1.50. The van der Waals surface area contributed by atoms with E-state index in [1.165, 1.54) is 0 Å². The highest BCUT2D eigenvalue weighted by Crippen LogP contribution is 2.13. The summed E-state index contributed by atoms with van der Waals surface area (Å²) in [5.74, 6) is -6.15. The molecule has 1 aromatic carbocycles. The maximum Gasteiger partial charge on any atom is 0.247 e. The summed E-state index contributed by atoms with van der Waals surface area (Å²) < 4.78 is 0. The van der Waals surface area contributed by atoms with Crippen LogP contribution in [0.25, 0.3) is 0 Å². The third-order valence-corrected chi connectivity index (χ3v) is 6.36. The summed E-state index contributed by atoms with van der Waals surface area (Å²) in [7, 11) is 0. The predicted octanol–water partition coefficient (Wildman–Crippen LogP) is -4.60. The minimum absolute atomic E-state index is 0.0600. The Morgan fingerprint density at radius 3 is 1.93 bits per heavy atom. The van der Waals surface area contributed by atoms with Crippen molar-refractivity contribution in [3.05, 3.63) is 35.9 Å². The van der Waals surface area contributed by atoms with Crippen LogP contribution in [0.3, 0.4) is 0 Å². The first-order valence-corrected chi connectivity index (χ1v) is 13.8. The maximum atomic E-state index is 13.3. The Morgan fingerprint density at radius 1 is 0.767 bits per heavy atom. The molecule has 1 aliphatic heterocycles. The molecule has 0 saturated carbocycles. The summed E-state index contributed by atoms with van der Waals surface area (Å²) in [4.78, 5) is 92.9. The summed E-state index contributed by atoms with van der Waals surface area (Å²) in [6.45, 7) is -1.04. The van der Waals surface area contributed by atoms with Crippen molar-refractivity contribution in [2.45, 2.75) is 43.4 Å². The molecule has 17 nitrogen and oxygen atoms in total. The first-order valence-electron chi connectivity index (χ1n) is 13.2. The van der Waals surface area contributed by atoms with Gasteiger partial charge in [0, 0.05) is 12.3 Å². The van der Waals surface area contributed by atoms with Crippen molar-refractivity contribution in [3.63, 3.8) is 0 Å². The lowest BCUT2D eigenvalue weighted by molar-refractivity contribution is -0.135. The molecule has 1 heterocycles. The number of carbonyl (C=O) groups excluding carboxylic acids is 7. The smallest absolute Gasteiger partial charge is 0.247 e. The van der Waals surface area contributed by atoms with Crippen molar-refractivity contribution in [1.82, 2.24) is 31.9 Å². The summed E-state index contributed by atoms with van der Waals surface area (Å²) in [6, 6.07) is 2.85. The average molecular weight is 621 g/mol. The molecule has 0 spiro atoms. The number of primary amides is 1. The van der Waals surface area contributed by atoms with Crippen LogP contribution in [0.15, 0.2) is 35.3 Å². The number of hydrogen-bond donors (Lipinski definition) is 10. The SMILES string of the molecule is NC(=O)C[C@@H]1NC(=O)[C@H](CS)NC(=O)C(c2ccccc2)NC(=O)CNC(=O)[C@H](CCCN=C(N)N)NC(=O)CNC1=O. The van der Waals surface area contributed by atoms with Gasteiger partial charge >= 0.3 is 0 Å². The topological polar surface area (TPSA) is 282 Å². The van der Waals surface area contributed by atoms with Crippen LogP contribution < -0.4 is 49.1 Å². The number of nitrogens with zero attached hydrogens (tertiary/aromatic N) is 1. The fraction of sp³-hybridized carbons (Fsp3) is 0.440. The van der Waals surface area contributed by atoms with Crippen molar-refractivity contribution < 1.29 is 33.6 Å². The zero-order valence-corrected chi connectivity index (χ0v) is 24.0. The maximum absolute atomic E-state index is 13.3. The van der Waals surface area contributed by atoms with E-state index in [9.17, 15) is 33.6 Å². The Balaban J connectivity index is 2.38. The van der Waals surface area contributed by atoms with Gasteiger partial charge in [0.2, 0.25) is 41.4 Å². The van der Waals surface area contributed by atoms with Crippen LogP contribution in [0.4, 0.5) is 0 Å². The van der Waals surface area contributed by atoms with E-state index >= 15 is 0 Å². The fourth-order valence-corrected chi connectivity index (χ4v) is 4.15. The van der Waals surface area contributed by atoms with Gasteiger partial charge in [0.1, 0.15) is 24.2 Å². The number of guanidine groups is 1. The Hall–Kier alpha value is -4.87. The van der Waals surface area contributed by atoms with Crippen LogP contribution >= 0.6 is 12.6 Å². The molecule has 7 amide bonds. The molecule has 1 aromatic rings. The molecule has 1 saturated heterocycles. The van der Waals surface area contributed by atoms with Crippen molar-refractivity contribution in [2.75, 3.05) is 25.4 Å². The number of hydrogen-bond acceptors (Lipinski definition) is 9. The molecular formula is C25H36N10O7S. The summed E-state index contributed by atoms with van der Waals surface area (Å²) in [6.07, 6.45) is -0.292. The van der Waals surface area contributed by atoms with Crippen molar-refractivity contribution in [2.24, 2.45) is 22.2 Å². The molecule has 1 fully saturated rings. The average Bonchev–Trinajstić information content (AvgIpc) is 2.96. The van der Waals surface area contributed by atoms with Gasteiger partial charge in [0.05, 0.1) is 19.5 Å². The normalized spacial score (nSPS) is 22.7. The van der Waals surface area contributed by atoms with E-state index in [1.807, 2.05) is 0 Å². The summed E-state index contributed by atoms with van der Waals surface area (Å²) in [5, 5.41) is 14.5. The van der Waals surface area contributed by atoms with E-state index in [-0.39, 0.29) is 31.1 Å². The number of amides is 7. The molecule has 1 aliphatic rings. The van der Waals surface area contributed by atoms with Gasteiger partial charge in [-0.3, -0.25) is 38.6 Å². The van der Waals surface area contributed by atoms with Crippen molar-refractivity contribution in [3.8, 4) is 0 Å². The molecule has 4 atom stereocenters. The van der Waals surface area contributed by atoms with E-state index in [2.05, 4.69) is 49.5 Å². The van der Waals surface area contributed by atoms with Gasteiger partial charge in [-0.05, 0) is 18.4 Å². The number of carbonyl (C=O) groups is 7. The second-order valence-corrected chi connectivity index (χ2v) is 9.76. The van der Waals surface area contributed by atoms with E-state index in [0.717, 1.165) is 0 Å². The molecular weight excluding hydrogens is 584 g/mol. The van der Waals surface area contributed by atoms with Gasteiger partial charge in [-0.2, -0.15) is 12.6 Å². The first kappa shape index (κ1) is 34.3. The highest BCUT2D eigenvalue weighted by molar-refractivity contribution is 7.80. The van der Waals surface area contributed by atoms with E-state index in [1.54, 1.807) is 30.3 Å². The molecule has 43 heavy (non-hydrogen) atoms. The monoisotopic (exact) mass is 620 g/mol. The fourth-order valence-electron chi connectivity index (χ4n) is 3.89. The second kappa shape index (κ2) is 17.2. The molecule has 2 rings (SSSR count). The standard InChI is InChI=1S/C25H36N10O7S/c26-17(36)9-15-22(40)31-10-18(37)32-14(7-4-8-29-25(27)28)21(39)30-11-19(38)35-20(13-5-2-1-3-6-13)24(42)34-16(12-43)23(41)33-15/h1-3,5-6,14-16,20,43H,4,7-12H2,(H2,26,36)(H,30,39)(H,31,40)(H,32,37)(H,33,41)(H,34,42)(H,35,38)(H4,27,28,29)/t14-,15-,16-,20?/m0/s1. The van der Waals surface area contributed by atoms with Gasteiger partial charge in [-0.1, -0.05) is 30.3 Å². The zero-order valence-electron chi connectivity index (χ0n) is 23.1. The third kappa shape index (κ3) is 11.9. The number of nitrogens with two attached hydrogens (primary N) is 3. The van der Waals surface area contributed by atoms with Crippen LogP contribution in [0.2, 0.25) is 0 Å². The molecule has 0 bridgehead atoms. The van der Waals surface area contributed by atoms with Crippen LogP contribution in [0.1, 0.15) is 30.9 Å². The highest BCUT2D eigenvalue weighted by atomic mass is 32.1. The largest absolute Gasteiger partial charge is 0.370 e. The first-order chi connectivity index (χ1) is 20.4. The molecule has 18 heteroatoms. The molecule has 12 N–H and O–H groups in total. The van der Waals surface area contributed by atoms with Crippen LogP contribution in [0, 0.1) is 0 Å².